The standard InChI is InChI=1S/C15H11FN4O2S/c16-10-3-1-8(2-4-10)14(22)20-15-19-12(7-23-15)9-5-11(13(17)21)18-6-9/h1-7,18H,(H2,17,21)(H,19,20,22). The Bertz CT molecular complexity index is 870. The van der Waals surface area contributed by atoms with Crippen molar-refractivity contribution in [2.75, 3.05) is 5.32 Å². The van der Waals surface area contributed by atoms with Crippen molar-refractivity contribution in [1.29, 1.82) is 0 Å². The lowest BCUT2D eigenvalue weighted by atomic mass is 10.2. The number of carbonyl (C=O) groups is 2. The number of benzene rings is 1. The molecule has 3 rings (SSSR count). The van der Waals surface area contributed by atoms with E-state index in [1.807, 2.05) is 0 Å². The molecule has 2 amide bonds. The smallest absolute Gasteiger partial charge is 0.265 e. The molecule has 1 aromatic carbocycles. The predicted octanol–water partition coefficient (Wildman–Crippen LogP) is 2.63. The van der Waals surface area contributed by atoms with E-state index in [-0.39, 0.29) is 11.6 Å². The molecular weight excluding hydrogens is 319 g/mol. The third-order valence-electron chi connectivity index (χ3n) is 3.08. The van der Waals surface area contributed by atoms with Crippen molar-refractivity contribution in [2.45, 2.75) is 0 Å². The van der Waals surface area contributed by atoms with Gasteiger partial charge in [-0.05, 0) is 30.3 Å². The maximum atomic E-state index is 12.8. The van der Waals surface area contributed by atoms with Crippen LogP contribution in [-0.2, 0) is 0 Å². The van der Waals surface area contributed by atoms with Crippen molar-refractivity contribution in [3.63, 3.8) is 0 Å². The lowest BCUT2D eigenvalue weighted by Crippen LogP contribution is -2.11. The third-order valence-corrected chi connectivity index (χ3v) is 3.83. The Morgan fingerprint density at radius 1 is 1.26 bits per heavy atom. The van der Waals surface area contributed by atoms with Crippen LogP contribution in [0.15, 0.2) is 41.9 Å². The molecule has 23 heavy (non-hydrogen) atoms. The van der Waals surface area contributed by atoms with Gasteiger partial charge >= 0.3 is 0 Å². The summed E-state index contributed by atoms with van der Waals surface area (Å²) < 4.78 is 12.8. The number of primary amides is 1. The van der Waals surface area contributed by atoms with E-state index in [2.05, 4.69) is 15.3 Å². The molecule has 0 bridgehead atoms. The maximum Gasteiger partial charge on any atom is 0.265 e. The van der Waals surface area contributed by atoms with Gasteiger partial charge in [0, 0.05) is 22.7 Å². The van der Waals surface area contributed by atoms with Gasteiger partial charge in [-0.2, -0.15) is 0 Å². The maximum absolute atomic E-state index is 12.8. The molecule has 2 heterocycles. The molecule has 0 aliphatic heterocycles. The van der Waals surface area contributed by atoms with Gasteiger partial charge in [0.2, 0.25) is 0 Å². The molecular formula is C15H11FN4O2S. The van der Waals surface area contributed by atoms with Gasteiger partial charge in [0.15, 0.2) is 5.13 Å². The zero-order chi connectivity index (χ0) is 16.4. The molecule has 3 aromatic rings. The number of nitrogens with zero attached hydrogens (tertiary/aromatic N) is 1. The third kappa shape index (κ3) is 3.27. The molecule has 4 N–H and O–H groups in total. The van der Waals surface area contributed by atoms with E-state index in [4.69, 9.17) is 5.73 Å². The molecule has 0 fully saturated rings. The number of halogens is 1. The summed E-state index contributed by atoms with van der Waals surface area (Å²) in [5, 5.41) is 4.79. The van der Waals surface area contributed by atoms with Crippen LogP contribution in [0.2, 0.25) is 0 Å². The minimum atomic E-state index is -0.559. The Kier molecular flexibility index (Phi) is 3.90. The van der Waals surface area contributed by atoms with Crippen LogP contribution >= 0.6 is 11.3 Å². The highest BCUT2D eigenvalue weighted by Crippen LogP contribution is 2.25. The van der Waals surface area contributed by atoms with Crippen LogP contribution < -0.4 is 11.1 Å². The van der Waals surface area contributed by atoms with Crippen molar-refractivity contribution >= 4 is 28.3 Å². The lowest BCUT2D eigenvalue weighted by molar-refractivity contribution is 0.0994. The Labute approximate surface area is 134 Å². The quantitative estimate of drug-likeness (QED) is 0.685. The number of nitrogens with one attached hydrogen (secondary N) is 2. The van der Waals surface area contributed by atoms with E-state index in [0.29, 0.717) is 22.0 Å². The Hall–Kier alpha value is -3.00. The fourth-order valence-electron chi connectivity index (χ4n) is 1.92. The number of hydrogen-bond donors (Lipinski definition) is 3. The number of amides is 2. The predicted molar refractivity (Wildman–Crippen MR) is 84.8 cm³/mol. The second-order valence-corrected chi connectivity index (χ2v) is 5.52. The SMILES string of the molecule is NC(=O)c1cc(-c2csc(NC(=O)c3ccc(F)cc3)n2)c[nH]1. The number of rotatable bonds is 4. The van der Waals surface area contributed by atoms with Crippen LogP contribution in [0.3, 0.4) is 0 Å². The fraction of sp³-hybridized carbons (Fsp3) is 0. The molecule has 0 saturated carbocycles. The van der Waals surface area contributed by atoms with Crippen molar-refractivity contribution in [3.8, 4) is 11.3 Å². The molecule has 0 aliphatic carbocycles. The van der Waals surface area contributed by atoms with Crippen molar-refractivity contribution in [2.24, 2.45) is 5.73 Å². The number of anilines is 1. The first kappa shape index (κ1) is 14.9. The van der Waals surface area contributed by atoms with Gasteiger partial charge in [0.05, 0.1) is 5.69 Å². The van der Waals surface area contributed by atoms with Crippen LogP contribution in [0.25, 0.3) is 11.3 Å². The highest BCUT2D eigenvalue weighted by atomic mass is 32.1. The molecule has 116 valence electrons. The Morgan fingerprint density at radius 3 is 2.65 bits per heavy atom. The molecule has 6 nitrogen and oxygen atoms in total. The summed E-state index contributed by atoms with van der Waals surface area (Å²) in [7, 11) is 0. The van der Waals surface area contributed by atoms with Gasteiger partial charge in [0.25, 0.3) is 11.8 Å². The van der Waals surface area contributed by atoms with Gasteiger partial charge in [-0.15, -0.1) is 11.3 Å². The van der Waals surface area contributed by atoms with Gasteiger partial charge in [0.1, 0.15) is 11.5 Å². The minimum absolute atomic E-state index is 0.282. The van der Waals surface area contributed by atoms with E-state index >= 15 is 0 Å². The molecule has 0 spiro atoms. The number of hydrogen-bond acceptors (Lipinski definition) is 4. The summed E-state index contributed by atoms with van der Waals surface area (Å²) >= 11 is 1.24. The molecule has 0 atom stereocenters. The van der Waals surface area contributed by atoms with E-state index < -0.39 is 11.7 Å². The van der Waals surface area contributed by atoms with E-state index in [0.717, 1.165) is 0 Å². The number of aromatic amines is 1. The fourth-order valence-corrected chi connectivity index (χ4v) is 2.63. The average molecular weight is 330 g/mol. The summed E-state index contributed by atoms with van der Waals surface area (Å²) in [4.78, 5) is 30.1. The summed E-state index contributed by atoms with van der Waals surface area (Å²) in [6.45, 7) is 0. The first-order valence-electron chi connectivity index (χ1n) is 6.54. The molecule has 0 saturated heterocycles. The Morgan fingerprint density at radius 2 is 2.00 bits per heavy atom. The first-order valence-corrected chi connectivity index (χ1v) is 7.42. The van der Waals surface area contributed by atoms with Crippen molar-refractivity contribution < 1.29 is 14.0 Å². The average Bonchev–Trinajstić information content (AvgIpc) is 3.16. The largest absolute Gasteiger partial charge is 0.364 e. The number of carbonyl (C=O) groups excluding carboxylic acids is 2. The zero-order valence-electron chi connectivity index (χ0n) is 11.7. The second-order valence-electron chi connectivity index (χ2n) is 4.67. The summed E-state index contributed by atoms with van der Waals surface area (Å²) in [6.07, 6.45) is 1.61. The normalized spacial score (nSPS) is 10.5. The number of nitrogens with two attached hydrogens (primary N) is 1. The number of aromatic nitrogens is 2. The van der Waals surface area contributed by atoms with Gasteiger partial charge in [-0.25, -0.2) is 9.37 Å². The number of H-pyrrole nitrogens is 1. The summed E-state index contributed by atoms with van der Waals surface area (Å²) in [6, 6.07) is 6.80. The summed E-state index contributed by atoms with van der Waals surface area (Å²) in [5.41, 5.74) is 7.09. The van der Waals surface area contributed by atoms with Gasteiger partial charge in [-0.1, -0.05) is 0 Å². The molecule has 2 aromatic heterocycles. The van der Waals surface area contributed by atoms with E-state index in [9.17, 15) is 14.0 Å². The van der Waals surface area contributed by atoms with Crippen LogP contribution in [0, 0.1) is 5.82 Å². The second kappa shape index (κ2) is 6.01. The lowest BCUT2D eigenvalue weighted by Gasteiger charge is -2.01. The monoisotopic (exact) mass is 330 g/mol. The molecule has 8 heteroatoms. The topological polar surface area (TPSA) is 101 Å². The van der Waals surface area contributed by atoms with Crippen molar-refractivity contribution in [1.82, 2.24) is 9.97 Å². The highest BCUT2D eigenvalue weighted by Gasteiger charge is 2.12. The molecule has 0 aliphatic rings. The van der Waals surface area contributed by atoms with E-state index in [1.165, 1.54) is 35.6 Å². The highest BCUT2D eigenvalue weighted by molar-refractivity contribution is 7.14. The Balaban J connectivity index is 1.75. The van der Waals surface area contributed by atoms with Gasteiger partial charge in [-0.3, -0.25) is 14.9 Å². The first-order chi connectivity index (χ1) is 11.0. The van der Waals surface area contributed by atoms with Crippen LogP contribution in [0.4, 0.5) is 9.52 Å². The van der Waals surface area contributed by atoms with Crippen molar-refractivity contribution in [3.05, 3.63) is 59.0 Å². The zero-order valence-corrected chi connectivity index (χ0v) is 12.5. The van der Waals surface area contributed by atoms with E-state index in [1.54, 1.807) is 17.6 Å². The number of thiazole rings is 1. The van der Waals surface area contributed by atoms with Gasteiger partial charge < -0.3 is 10.7 Å². The van der Waals surface area contributed by atoms with Crippen LogP contribution in [-0.4, -0.2) is 21.8 Å². The minimum Gasteiger partial charge on any atom is -0.364 e. The van der Waals surface area contributed by atoms with Crippen LogP contribution in [0.1, 0.15) is 20.8 Å². The van der Waals surface area contributed by atoms with Crippen LogP contribution in [0.5, 0.6) is 0 Å². The molecule has 0 radical (unpaired) electrons. The molecule has 0 unspecified atom stereocenters. The summed E-state index contributed by atoms with van der Waals surface area (Å²) in [5.74, 6) is -1.34.